The highest BCUT2D eigenvalue weighted by molar-refractivity contribution is 5.25. The van der Waals surface area contributed by atoms with Crippen LogP contribution in [-0.4, -0.2) is 11.7 Å². The van der Waals surface area contributed by atoms with Crippen LogP contribution in [0, 0.1) is 11.2 Å². The van der Waals surface area contributed by atoms with Crippen LogP contribution in [-0.2, 0) is 5.60 Å². The molecule has 1 aromatic carbocycles. The van der Waals surface area contributed by atoms with Gasteiger partial charge in [0.1, 0.15) is 5.82 Å². The van der Waals surface area contributed by atoms with Crippen LogP contribution in [0.2, 0.25) is 0 Å². The van der Waals surface area contributed by atoms with Crippen molar-refractivity contribution >= 4 is 0 Å². The Labute approximate surface area is 114 Å². The van der Waals surface area contributed by atoms with Crippen molar-refractivity contribution in [3.8, 4) is 0 Å². The Morgan fingerprint density at radius 1 is 1.16 bits per heavy atom. The highest BCUT2D eigenvalue weighted by atomic mass is 19.1. The van der Waals surface area contributed by atoms with Crippen LogP contribution in [0.5, 0.6) is 0 Å². The molecule has 106 valence electrons. The first-order valence-electron chi connectivity index (χ1n) is 7.20. The minimum atomic E-state index is -1.00. The molecular weight excluding hydrogens is 241 g/mol. The van der Waals surface area contributed by atoms with Gasteiger partial charge in [0.2, 0.25) is 0 Å². The third-order valence-corrected chi connectivity index (χ3v) is 4.89. The summed E-state index contributed by atoms with van der Waals surface area (Å²) in [5, 5.41) is 11.1. The largest absolute Gasteiger partial charge is 0.385 e. The summed E-state index contributed by atoms with van der Waals surface area (Å²) in [7, 11) is 0. The molecule has 0 aromatic heterocycles. The maximum atomic E-state index is 13.1. The zero-order chi connectivity index (χ0) is 13.9. The quantitative estimate of drug-likeness (QED) is 0.823. The highest BCUT2D eigenvalue weighted by Crippen LogP contribution is 2.48. The van der Waals surface area contributed by atoms with Gasteiger partial charge in [-0.15, -0.1) is 0 Å². The molecule has 1 aliphatic rings. The summed E-state index contributed by atoms with van der Waals surface area (Å²) in [6.07, 6.45) is 6.51. The van der Waals surface area contributed by atoms with Crippen LogP contribution in [0.3, 0.4) is 0 Å². The zero-order valence-corrected chi connectivity index (χ0v) is 11.7. The average molecular weight is 265 g/mol. The summed E-state index contributed by atoms with van der Waals surface area (Å²) >= 11 is 0. The van der Waals surface area contributed by atoms with Gasteiger partial charge in [0.15, 0.2) is 0 Å². The zero-order valence-electron chi connectivity index (χ0n) is 11.7. The molecule has 1 fully saturated rings. The summed E-state index contributed by atoms with van der Waals surface area (Å²) in [5.41, 5.74) is 5.50. The number of halogens is 1. The number of benzene rings is 1. The molecule has 2 rings (SSSR count). The first-order valence-corrected chi connectivity index (χ1v) is 7.20. The minimum absolute atomic E-state index is 0.276. The third kappa shape index (κ3) is 2.67. The van der Waals surface area contributed by atoms with Gasteiger partial charge < -0.3 is 10.8 Å². The molecule has 1 atom stereocenters. The molecule has 1 aliphatic carbocycles. The second-order valence-electron chi connectivity index (χ2n) is 5.98. The molecule has 0 spiro atoms. The van der Waals surface area contributed by atoms with Crippen molar-refractivity contribution in [1.82, 2.24) is 0 Å². The molecule has 1 unspecified atom stereocenters. The van der Waals surface area contributed by atoms with Gasteiger partial charge in [0, 0.05) is 12.0 Å². The second-order valence-corrected chi connectivity index (χ2v) is 5.98. The molecule has 0 radical (unpaired) electrons. The monoisotopic (exact) mass is 265 g/mol. The van der Waals surface area contributed by atoms with Crippen LogP contribution in [0.4, 0.5) is 4.39 Å². The van der Waals surface area contributed by atoms with Crippen molar-refractivity contribution in [3.63, 3.8) is 0 Å². The molecule has 0 saturated heterocycles. The molecule has 0 heterocycles. The van der Waals surface area contributed by atoms with Crippen molar-refractivity contribution < 1.29 is 9.50 Å². The average Bonchev–Trinajstić information content (AvgIpc) is 2.65. The van der Waals surface area contributed by atoms with Gasteiger partial charge in [-0.1, -0.05) is 37.8 Å². The smallest absolute Gasteiger partial charge is 0.123 e. The van der Waals surface area contributed by atoms with Gasteiger partial charge in [0.05, 0.1) is 5.60 Å². The van der Waals surface area contributed by atoms with Gasteiger partial charge in [-0.2, -0.15) is 0 Å². The molecular formula is C16H24FNO. The maximum absolute atomic E-state index is 13.1. The van der Waals surface area contributed by atoms with E-state index in [1.54, 1.807) is 12.1 Å². The van der Waals surface area contributed by atoms with Gasteiger partial charge >= 0.3 is 0 Å². The van der Waals surface area contributed by atoms with Crippen molar-refractivity contribution in [3.05, 3.63) is 35.6 Å². The lowest BCUT2D eigenvalue weighted by Gasteiger charge is -2.45. The highest BCUT2D eigenvalue weighted by Gasteiger charge is 2.46. The molecule has 19 heavy (non-hydrogen) atoms. The van der Waals surface area contributed by atoms with Crippen LogP contribution >= 0.6 is 0 Å². The van der Waals surface area contributed by atoms with Crippen LogP contribution < -0.4 is 5.73 Å². The molecule has 2 nitrogen and oxygen atoms in total. The van der Waals surface area contributed by atoms with E-state index in [0.29, 0.717) is 6.54 Å². The Morgan fingerprint density at radius 3 is 2.16 bits per heavy atom. The fourth-order valence-corrected chi connectivity index (χ4v) is 3.38. The van der Waals surface area contributed by atoms with Crippen molar-refractivity contribution in [2.45, 2.75) is 51.0 Å². The molecule has 1 aromatic rings. The van der Waals surface area contributed by atoms with Gasteiger partial charge in [-0.25, -0.2) is 4.39 Å². The molecule has 3 N–H and O–H groups in total. The standard InChI is InChI=1S/C16H24FNO/c1-15(19,13-6-8-14(17)9-7-13)16(12-18)10-4-2-3-5-11-16/h6-9,19H,2-5,10-12,18H2,1H3. The summed E-state index contributed by atoms with van der Waals surface area (Å²) in [6, 6.07) is 6.17. The van der Waals surface area contributed by atoms with Crippen molar-refractivity contribution in [2.24, 2.45) is 11.1 Å². The molecule has 0 bridgehead atoms. The Bertz CT molecular complexity index is 405. The Morgan fingerprint density at radius 2 is 1.68 bits per heavy atom. The Hall–Kier alpha value is -0.930. The van der Waals surface area contributed by atoms with E-state index in [-0.39, 0.29) is 11.2 Å². The van der Waals surface area contributed by atoms with E-state index in [4.69, 9.17) is 5.73 Å². The van der Waals surface area contributed by atoms with Gasteiger partial charge in [0.25, 0.3) is 0 Å². The number of aliphatic hydroxyl groups is 1. The fourth-order valence-electron chi connectivity index (χ4n) is 3.38. The number of hydrogen-bond acceptors (Lipinski definition) is 2. The minimum Gasteiger partial charge on any atom is -0.385 e. The molecule has 0 aliphatic heterocycles. The van der Waals surface area contributed by atoms with Crippen LogP contribution in [0.1, 0.15) is 51.0 Å². The van der Waals surface area contributed by atoms with Crippen LogP contribution in [0.15, 0.2) is 24.3 Å². The van der Waals surface area contributed by atoms with E-state index >= 15 is 0 Å². The summed E-state index contributed by atoms with van der Waals surface area (Å²) in [4.78, 5) is 0. The third-order valence-electron chi connectivity index (χ3n) is 4.89. The summed E-state index contributed by atoms with van der Waals surface area (Å²) in [6.45, 7) is 2.30. The molecule has 3 heteroatoms. The van der Waals surface area contributed by atoms with E-state index in [2.05, 4.69) is 0 Å². The summed E-state index contributed by atoms with van der Waals surface area (Å²) < 4.78 is 13.1. The molecule has 1 saturated carbocycles. The normalized spacial score (nSPS) is 22.5. The van der Waals surface area contributed by atoms with Gasteiger partial charge in [-0.3, -0.25) is 0 Å². The second kappa shape index (κ2) is 5.59. The van der Waals surface area contributed by atoms with E-state index in [0.717, 1.165) is 31.2 Å². The topological polar surface area (TPSA) is 46.2 Å². The lowest BCUT2D eigenvalue weighted by molar-refractivity contribution is -0.0814. The number of hydrogen-bond donors (Lipinski definition) is 2. The predicted octanol–water partition coefficient (Wildman–Crippen LogP) is 3.33. The lowest BCUT2D eigenvalue weighted by Crippen LogP contribution is -2.48. The van der Waals surface area contributed by atoms with E-state index < -0.39 is 5.60 Å². The molecule has 0 amide bonds. The lowest BCUT2D eigenvalue weighted by atomic mass is 9.65. The number of nitrogens with two attached hydrogens (primary N) is 1. The van der Waals surface area contributed by atoms with E-state index in [1.165, 1.54) is 25.0 Å². The van der Waals surface area contributed by atoms with Gasteiger partial charge in [-0.05, 0) is 37.5 Å². The SMILES string of the molecule is CC(O)(c1ccc(F)cc1)C1(CN)CCCCCC1. The predicted molar refractivity (Wildman–Crippen MR) is 75.2 cm³/mol. The van der Waals surface area contributed by atoms with Crippen molar-refractivity contribution in [1.29, 1.82) is 0 Å². The fraction of sp³-hybridized carbons (Fsp3) is 0.625. The Balaban J connectivity index is 2.36. The number of rotatable bonds is 3. The Kier molecular flexibility index (Phi) is 4.26. The van der Waals surface area contributed by atoms with Crippen LogP contribution in [0.25, 0.3) is 0 Å². The first kappa shape index (κ1) is 14.5. The van der Waals surface area contributed by atoms with E-state index in [9.17, 15) is 9.50 Å². The van der Waals surface area contributed by atoms with Crippen molar-refractivity contribution in [2.75, 3.05) is 6.54 Å². The first-order chi connectivity index (χ1) is 9.02. The van der Waals surface area contributed by atoms with E-state index in [1.807, 2.05) is 6.92 Å². The maximum Gasteiger partial charge on any atom is 0.123 e. The summed E-state index contributed by atoms with van der Waals surface area (Å²) in [5.74, 6) is -0.276.